The van der Waals surface area contributed by atoms with E-state index in [1.165, 1.54) is 34.8 Å². The molecule has 0 saturated carbocycles. The Morgan fingerprint density at radius 2 is 1.64 bits per heavy atom. The number of nitrogens with one attached hydrogen (secondary N) is 2. The molecule has 0 aliphatic carbocycles. The molecule has 2 fully saturated rings. The Morgan fingerprint density at radius 1 is 0.929 bits per heavy atom. The number of nitrogens with zero attached hydrogens (tertiary/aromatic N) is 3. The van der Waals surface area contributed by atoms with Crippen molar-refractivity contribution in [3.8, 4) is 0 Å². The zero-order valence-electron chi connectivity index (χ0n) is 23.2. The first kappa shape index (κ1) is 30.4. The van der Waals surface area contributed by atoms with Crippen molar-refractivity contribution in [2.45, 2.75) is 44.1 Å². The van der Waals surface area contributed by atoms with Gasteiger partial charge in [-0.15, -0.1) is 0 Å². The highest BCUT2D eigenvalue weighted by Gasteiger charge is 2.37. The van der Waals surface area contributed by atoms with Gasteiger partial charge in [0, 0.05) is 62.9 Å². The minimum Gasteiger partial charge on any atom is -0.383 e. The summed E-state index contributed by atoms with van der Waals surface area (Å²) in [6.45, 7) is 2.74. The predicted molar refractivity (Wildman–Crippen MR) is 153 cm³/mol. The molecule has 0 spiro atoms. The molecule has 2 atom stereocenters. The van der Waals surface area contributed by atoms with Gasteiger partial charge in [-0.1, -0.05) is 12.1 Å². The molecule has 0 amide bonds. The number of halogens is 4. The van der Waals surface area contributed by atoms with E-state index in [-0.39, 0.29) is 12.5 Å². The van der Waals surface area contributed by atoms with Crippen LogP contribution in [0, 0.1) is 23.3 Å². The zero-order valence-corrected chi connectivity index (χ0v) is 24.0. The normalized spacial score (nSPS) is 19.2. The molecule has 3 aromatic rings. The van der Waals surface area contributed by atoms with Crippen LogP contribution in [0.25, 0.3) is 0 Å². The van der Waals surface area contributed by atoms with Gasteiger partial charge in [0.05, 0.1) is 18.1 Å². The fraction of sp³-hybridized carbons (Fsp3) is 0.433. The second-order valence-corrected chi connectivity index (χ2v) is 12.7. The van der Waals surface area contributed by atoms with Crippen molar-refractivity contribution in [1.82, 2.24) is 18.9 Å². The third-order valence-corrected chi connectivity index (χ3v) is 10.1. The summed E-state index contributed by atoms with van der Waals surface area (Å²) in [5, 5.41) is 6.48. The van der Waals surface area contributed by atoms with Gasteiger partial charge in [-0.3, -0.25) is 4.98 Å². The molecule has 42 heavy (non-hydrogen) atoms. The Kier molecular flexibility index (Phi) is 9.77. The van der Waals surface area contributed by atoms with Crippen LogP contribution >= 0.6 is 0 Å². The molecule has 0 radical (unpaired) electrons. The van der Waals surface area contributed by atoms with Crippen LogP contribution in [-0.4, -0.2) is 67.3 Å². The van der Waals surface area contributed by atoms with Crippen molar-refractivity contribution >= 4 is 15.9 Å². The maximum absolute atomic E-state index is 15.0. The first-order valence-electron chi connectivity index (χ1n) is 14.3. The summed E-state index contributed by atoms with van der Waals surface area (Å²) < 4.78 is 86.5. The van der Waals surface area contributed by atoms with E-state index in [0.29, 0.717) is 74.5 Å². The summed E-state index contributed by atoms with van der Waals surface area (Å²) in [5.74, 6) is -2.79. The van der Waals surface area contributed by atoms with E-state index in [4.69, 9.17) is 0 Å². The van der Waals surface area contributed by atoms with Crippen LogP contribution in [-0.2, 0) is 16.6 Å². The number of hydrogen-bond donors (Lipinski definition) is 2. The zero-order chi connectivity index (χ0) is 29.7. The lowest BCUT2D eigenvalue weighted by Gasteiger charge is -2.37. The van der Waals surface area contributed by atoms with Gasteiger partial charge in [-0.05, 0) is 67.5 Å². The number of rotatable bonds is 11. The fourth-order valence-electron chi connectivity index (χ4n) is 5.89. The molecular formula is C30H35F4N5O2S. The van der Waals surface area contributed by atoms with Gasteiger partial charge >= 0.3 is 0 Å². The van der Waals surface area contributed by atoms with Crippen molar-refractivity contribution in [2.75, 3.05) is 44.6 Å². The third-order valence-electron chi connectivity index (χ3n) is 8.02. The van der Waals surface area contributed by atoms with Crippen LogP contribution in [0.15, 0.2) is 54.9 Å². The molecular weight excluding hydrogens is 570 g/mol. The Balaban J connectivity index is 1.29. The average Bonchev–Trinajstić information content (AvgIpc) is 3.52. The topological polar surface area (TPSA) is 77.6 Å². The van der Waals surface area contributed by atoms with E-state index in [9.17, 15) is 21.6 Å². The summed E-state index contributed by atoms with van der Waals surface area (Å²) in [6, 6.07) is 8.75. The smallest absolute Gasteiger partial charge is 0.282 e. The van der Waals surface area contributed by atoms with Gasteiger partial charge in [0.15, 0.2) is 0 Å². The van der Waals surface area contributed by atoms with Gasteiger partial charge in [0.25, 0.3) is 10.2 Å². The Bertz CT molecular complexity index is 1450. The number of aromatic nitrogens is 1. The lowest BCUT2D eigenvalue weighted by molar-refractivity contribution is 0.239. The van der Waals surface area contributed by atoms with Crippen LogP contribution < -0.4 is 10.6 Å². The van der Waals surface area contributed by atoms with Gasteiger partial charge < -0.3 is 10.6 Å². The van der Waals surface area contributed by atoms with Crippen molar-refractivity contribution in [2.24, 2.45) is 0 Å². The maximum atomic E-state index is 15.0. The highest BCUT2D eigenvalue weighted by molar-refractivity contribution is 7.86. The van der Waals surface area contributed by atoms with Crippen molar-refractivity contribution < 1.29 is 26.0 Å². The van der Waals surface area contributed by atoms with Crippen molar-refractivity contribution in [3.05, 3.63) is 94.8 Å². The van der Waals surface area contributed by atoms with Crippen LogP contribution in [0.4, 0.5) is 23.2 Å². The van der Waals surface area contributed by atoms with E-state index in [0.717, 1.165) is 25.1 Å². The molecule has 3 heterocycles. The molecule has 1 aromatic heterocycles. The Morgan fingerprint density at radius 3 is 2.36 bits per heavy atom. The maximum Gasteiger partial charge on any atom is 0.282 e. The third kappa shape index (κ3) is 7.11. The average molecular weight is 606 g/mol. The van der Waals surface area contributed by atoms with Gasteiger partial charge in [0.1, 0.15) is 23.3 Å². The lowest BCUT2D eigenvalue weighted by Crippen LogP contribution is -2.57. The summed E-state index contributed by atoms with van der Waals surface area (Å²) in [7, 11) is -3.59. The first-order chi connectivity index (χ1) is 20.2. The fourth-order valence-corrected chi connectivity index (χ4v) is 7.78. The van der Waals surface area contributed by atoms with Crippen LogP contribution in [0.3, 0.4) is 0 Å². The predicted octanol–water partition coefficient (Wildman–Crippen LogP) is 4.82. The molecule has 2 unspecified atom stereocenters. The van der Waals surface area contributed by atoms with Crippen molar-refractivity contribution in [3.63, 3.8) is 0 Å². The number of anilines is 1. The molecule has 12 heteroatoms. The van der Waals surface area contributed by atoms with E-state index >= 15 is 4.39 Å². The van der Waals surface area contributed by atoms with Crippen LogP contribution in [0.1, 0.15) is 48.3 Å². The standard InChI is InChI=1S/C30H35F4N5O2S/c31-23-5-3-21(4-6-23)27(22-15-24(32)17-25(33)16-22)9-10-37-30-20-36-19-29(34)28(30)8-7-26-18-35-11-14-39(26)42(40,41)38-12-1-2-13-38/h3-6,15-17,19-20,26-27,35,37H,1-2,7-14,18H2. The number of piperazine rings is 1. The van der Waals surface area contributed by atoms with Gasteiger partial charge in [0.2, 0.25) is 0 Å². The van der Waals surface area contributed by atoms with Gasteiger partial charge in [-0.2, -0.15) is 17.0 Å². The van der Waals surface area contributed by atoms with Gasteiger partial charge in [-0.25, -0.2) is 17.6 Å². The molecule has 2 aromatic carbocycles. The molecule has 226 valence electrons. The summed E-state index contributed by atoms with van der Waals surface area (Å²) in [5.41, 5.74) is 1.95. The largest absolute Gasteiger partial charge is 0.383 e. The molecule has 5 rings (SSSR count). The molecule has 2 N–H and O–H groups in total. The Labute approximate surface area is 244 Å². The van der Waals surface area contributed by atoms with E-state index in [1.807, 2.05) is 0 Å². The summed E-state index contributed by atoms with van der Waals surface area (Å²) in [4.78, 5) is 3.99. The summed E-state index contributed by atoms with van der Waals surface area (Å²) >= 11 is 0. The van der Waals surface area contributed by atoms with E-state index < -0.39 is 39.4 Å². The number of hydrogen-bond acceptors (Lipinski definition) is 5. The second-order valence-electron chi connectivity index (χ2n) is 10.8. The van der Waals surface area contributed by atoms with Crippen molar-refractivity contribution in [1.29, 1.82) is 0 Å². The monoisotopic (exact) mass is 605 g/mol. The van der Waals surface area contributed by atoms with E-state index in [1.54, 1.807) is 16.4 Å². The SMILES string of the molecule is O=S(=O)(N1CCCC1)N1CCNCC1CCc1c(F)cncc1NCCC(c1ccc(F)cc1)c1cc(F)cc(F)c1. The quantitative estimate of drug-likeness (QED) is 0.307. The lowest BCUT2D eigenvalue weighted by atomic mass is 9.88. The molecule has 7 nitrogen and oxygen atoms in total. The highest BCUT2D eigenvalue weighted by atomic mass is 32.2. The summed E-state index contributed by atoms with van der Waals surface area (Å²) in [6.07, 6.45) is 5.42. The molecule has 2 aliphatic heterocycles. The number of benzene rings is 2. The molecule has 2 aliphatic rings. The second kappa shape index (κ2) is 13.5. The van der Waals surface area contributed by atoms with Crippen LogP contribution in [0.5, 0.6) is 0 Å². The Hall–Kier alpha value is -3.06. The molecule has 2 saturated heterocycles. The first-order valence-corrected chi connectivity index (χ1v) is 15.7. The van der Waals surface area contributed by atoms with Crippen LogP contribution in [0.2, 0.25) is 0 Å². The highest BCUT2D eigenvalue weighted by Crippen LogP contribution is 2.31. The van der Waals surface area contributed by atoms with E-state index in [2.05, 4.69) is 15.6 Å². The minimum atomic E-state index is -3.59. The minimum absolute atomic E-state index is 0.283. The molecule has 0 bridgehead atoms. The number of pyridine rings is 1.